The molecule has 35 heavy (non-hydrogen) atoms. The van der Waals surface area contributed by atoms with Crippen LogP contribution in [0.1, 0.15) is 112 Å². The Hall–Kier alpha value is -2.77. The maximum atomic E-state index is 13.1. The number of amides is 1. The summed E-state index contributed by atoms with van der Waals surface area (Å²) in [5.74, 6) is 0.367. The minimum atomic E-state index is -0.556. The number of aromatic nitrogens is 3. The van der Waals surface area contributed by atoms with Crippen LogP contribution < -0.4 is 0 Å². The first-order valence-electron chi connectivity index (χ1n) is 13.1. The molecule has 1 aliphatic heterocycles. The molecule has 0 unspecified atom stereocenters. The number of hydrogen-bond acceptors (Lipinski definition) is 7. The molecule has 1 aliphatic carbocycles. The number of rotatable bonds is 8. The van der Waals surface area contributed by atoms with Crippen molar-refractivity contribution in [2.45, 2.75) is 103 Å². The first-order valence-corrected chi connectivity index (χ1v) is 13.1. The standard InChI is InChI=1S/C27H38N4O4/c1-27(2,3)34-23(32)17-20(12-7-11-19-9-5-4-6-10-19)25-29-24(30-35-25)26(33)31-16-14-22-21(18-31)13-8-15-28-22/h8,13,15,19-20H,4-7,9-12,14,16-18H2,1-3H3/t20-/m1/s1. The summed E-state index contributed by atoms with van der Waals surface area (Å²) in [4.78, 5) is 36.3. The van der Waals surface area contributed by atoms with Crippen molar-refractivity contribution in [2.24, 2.45) is 5.92 Å². The summed E-state index contributed by atoms with van der Waals surface area (Å²) in [7, 11) is 0. The van der Waals surface area contributed by atoms with Crippen molar-refractivity contribution in [3.63, 3.8) is 0 Å². The van der Waals surface area contributed by atoms with Gasteiger partial charge in [-0.3, -0.25) is 14.6 Å². The molecule has 1 saturated carbocycles. The van der Waals surface area contributed by atoms with Gasteiger partial charge >= 0.3 is 5.97 Å². The third-order valence-electron chi connectivity index (χ3n) is 6.96. The van der Waals surface area contributed by atoms with Crippen molar-refractivity contribution >= 4 is 11.9 Å². The molecule has 0 spiro atoms. The van der Waals surface area contributed by atoms with Gasteiger partial charge in [-0.25, -0.2) is 0 Å². The van der Waals surface area contributed by atoms with E-state index in [0.29, 0.717) is 25.4 Å². The molecule has 0 bridgehead atoms. The zero-order valence-corrected chi connectivity index (χ0v) is 21.3. The van der Waals surface area contributed by atoms with Crippen molar-refractivity contribution in [2.75, 3.05) is 6.54 Å². The summed E-state index contributed by atoms with van der Waals surface area (Å²) in [6.07, 6.45) is 12.1. The summed E-state index contributed by atoms with van der Waals surface area (Å²) >= 11 is 0. The second-order valence-corrected chi connectivity index (χ2v) is 11.0. The number of pyridine rings is 1. The van der Waals surface area contributed by atoms with E-state index in [2.05, 4.69) is 15.1 Å². The van der Waals surface area contributed by atoms with Crippen LogP contribution in [0, 0.1) is 5.92 Å². The van der Waals surface area contributed by atoms with E-state index in [1.807, 2.05) is 32.9 Å². The third kappa shape index (κ3) is 7.12. The van der Waals surface area contributed by atoms with Crippen LogP contribution >= 0.6 is 0 Å². The summed E-state index contributed by atoms with van der Waals surface area (Å²) in [6.45, 7) is 6.63. The van der Waals surface area contributed by atoms with Gasteiger partial charge < -0.3 is 14.2 Å². The van der Waals surface area contributed by atoms with E-state index in [1.165, 1.54) is 32.1 Å². The number of carbonyl (C=O) groups is 2. The summed E-state index contributed by atoms with van der Waals surface area (Å²) in [6, 6.07) is 3.88. The predicted octanol–water partition coefficient (Wildman–Crippen LogP) is 5.23. The van der Waals surface area contributed by atoms with E-state index in [9.17, 15) is 9.59 Å². The van der Waals surface area contributed by atoms with Gasteiger partial charge in [0.05, 0.1) is 6.42 Å². The van der Waals surface area contributed by atoms with Gasteiger partial charge in [-0.15, -0.1) is 0 Å². The van der Waals surface area contributed by atoms with Gasteiger partial charge in [0, 0.05) is 37.3 Å². The number of ether oxygens (including phenoxy) is 1. The highest BCUT2D eigenvalue weighted by atomic mass is 16.6. The van der Waals surface area contributed by atoms with Crippen LogP contribution in [-0.2, 0) is 22.5 Å². The van der Waals surface area contributed by atoms with Crippen LogP contribution in [0.4, 0.5) is 0 Å². The monoisotopic (exact) mass is 482 g/mol. The van der Waals surface area contributed by atoms with Gasteiger partial charge in [-0.2, -0.15) is 4.98 Å². The highest BCUT2D eigenvalue weighted by molar-refractivity contribution is 5.90. The molecule has 0 aromatic carbocycles. The summed E-state index contributed by atoms with van der Waals surface area (Å²) in [5, 5.41) is 4.00. The Bertz CT molecular complexity index is 1010. The summed E-state index contributed by atoms with van der Waals surface area (Å²) < 4.78 is 11.1. The highest BCUT2D eigenvalue weighted by Crippen LogP contribution is 2.31. The van der Waals surface area contributed by atoms with Gasteiger partial charge in [0.1, 0.15) is 5.60 Å². The minimum absolute atomic E-state index is 0.0498. The maximum absolute atomic E-state index is 13.1. The third-order valence-corrected chi connectivity index (χ3v) is 6.96. The zero-order valence-electron chi connectivity index (χ0n) is 21.3. The molecule has 190 valence electrons. The Balaban J connectivity index is 1.42. The molecule has 4 rings (SSSR count). The molecule has 1 atom stereocenters. The Morgan fingerprint density at radius 2 is 2.03 bits per heavy atom. The molecule has 0 N–H and O–H groups in total. The Morgan fingerprint density at radius 1 is 1.23 bits per heavy atom. The van der Waals surface area contributed by atoms with E-state index in [-0.39, 0.29) is 30.0 Å². The molecular weight excluding hydrogens is 444 g/mol. The SMILES string of the molecule is CC(C)(C)OC(=O)C[C@@H](CCCC1CCCCC1)c1nc(C(=O)N2CCc3ncccc3C2)no1. The zero-order chi connectivity index (χ0) is 24.8. The van der Waals surface area contributed by atoms with Crippen LogP contribution in [0.2, 0.25) is 0 Å². The van der Waals surface area contributed by atoms with E-state index < -0.39 is 5.60 Å². The van der Waals surface area contributed by atoms with Gasteiger partial charge in [-0.05, 0) is 44.7 Å². The topological polar surface area (TPSA) is 98.4 Å². The van der Waals surface area contributed by atoms with Crippen molar-refractivity contribution in [3.8, 4) is 0 Å². The molecule has 0 radical (unpaired) electrons. The molecule has 2 aromatic rings. The molecule has 8 heteroatoms. The van der Waals surface area contributed by atoms with Gasteiger partial charge in [0.15, 0.2) is 0 Å². The van der Waals surface area contributed by atoms with E-state index in [1.54, 1.807) is 11.1 Å². The van der Waals surface area contributed by atoms with Crippen molar-refractivity contribution < 1.29 is 18.8 Å². The lowest BCUT2D eigenvalue weighted by Gasteiger charge is -2.26. The molecule has 1 amide bonds. The second-order valence-electron chi connectivity index (χ2n) is 11.0. The first kappa shape index (κ1) is 25.3. The van der Waals surface area contributed by atoms with Gasteiger partial charge in [0.2, 0.25) is 5.89 Å². The van der Waals surface area contributed by atoms with Crippen LogP contribution in [0.25, 0.3) is 0 Å². The number of fused-ring (bicyclic) bond motifs is 1. The minimum Gasteiger partial charge on any atom is -0.460 e. The summed E-state index contributed by atoms with van der Waals surface area (Å²) in [5.41, 5.74) is 1.51. The quantitative estimate of drug-likeness (QED) is 0.475. The Labute approximate surface area is 207 Å². The van der Waals surface area contributed by atoms with E-state index in [0.717, 1.165) is 36.4 Å². The lowest BCUT2D eigenvalue weighted by Crippen LogP contribution is -2.36. The highest BCUT2D eigenvalue weighted by Gasteiger charge is 2.30. The van der Waals surface area contributed by atoms with Crippen molar-refractivity contribution in [3.05, 3.63) is 41.3 Å². The van der Waals surface area contributed by atoms with Crippen LogP contribution in [0.15, 0.2) is 22.9 Å². The molecular formula is C27H38N4O4. The molecule has 8 nitrogen and oxygen atoms in total. The maximum Gasteiger partial charge on any atom is 0.307 e. The van der Waals surface area contributed by atoms with Crippen LogP contribution in [0.3, 0.4) is 0 Å². The molecule has 3 heterocycles. The fourth-order valence-corrected chi connectivity index (χ4v) is 5.19. The number of nitrogens with zero attached hydrogens (tertiary/aromatic N) is 4. The normalized spacial score (nSPS) is 17.6. The largest absolute Gasteiger partial charge is 0.460 e. The Morgan fingerprint density at radius 3 is 2.80 bits per heavy atom. The average molecular weight is 483 g/mol. The van der Waals surface area contributed by atoms with Gasteiger partial charge in [-0.1, -0.05) is 56.2 Å². The number of carbonyl (C=O) groups excluding carboxylic acids is 2. The lowest BCUT2D eigenvalue weighted by molar-refractivity contribution is -0.155. The van der Waals surface area contributed by atoms with E-state index >= 15 is 0 Å². The molecule has 2 aromatic heterocycles. The molecule has 2 aliphatic rings. The fourth-order valence-electron chi connectivity index (χ4n) is 5.19. The number of hydrogen-bond donors (Lipinski definition) is 0. The van der Waals surface area contributed by atoms with Crippen molar-refractivity contribution in [1.29, 1.82) is 0 Å². The average Bonchev–Trinajstić information content (AvgIpc) is 3.32. The predicted molar refractivity (Wildman–Crippen MR) is 131 cm³/mol. The number of esters is 1. The molecule has 0 saturated heterocycles. The second kappa shape index (κ2) is 11.3. The first-order chi connectivity index (χ1) is 16.8. The smallest absolute Gasteiger partial charge is 0.307 e. The fraction of sp³-hybridized carbons (Fsp3) is 0.667. The van der Waals surface area contributed by atoms with Crippen LogP contribution in [0.5, 0.6) is 0 Å². The van der Waals surface area contributed by atoms with Crippen LogP contribution in [-0.4, -0.2) is 44.0 Å². The van der Waals surface area contributed by atoms with Crippen molar-refractivity contribution in [1.82, 2.24) is 20.0 Å². The molecule has 1 fully saturated rings. The van der Waals surface area contributed by atoms with Gasteiger partial charge in [0.25, 0.3) is 11.7 Å². The van der Waals surface area contributed by atoms with E-state index in [4.69, 9.17) is 9.26 Å². The Kier molecular flexibility index (Phi) is 8.19. The lowest BCUT2D eigenvalue weighted by atomic mass is 9.84.